The summed E-state index contributed by atoms with van der Waals surface area (Å²) in [4.78, 5) is 13.0. The molecule has 0 aromatic heterocycles. The van der Waals surface area contributed by atoms with Crippen molar-refractivity contribution in [3.63, 3.8) is 0 Å². The molecule has 0 aliphatic heterocycles. The predicted octanol–water partition coefficient (Wildman–Crippen LogP) is 4.59. The molecule has 1 N–H and O–H groups in total. The smallest absolute Gasteiger partial charge is 0.264 e. The molecule has 0 radical (unpaired) electrons. The molecule has 34 heavy (non-hydrogen) atoms. The number of anilines is 2. The van der Waals surface area contributed by atoms with Gasteiger partial charge in [0.05, 0.1) is 31.4 Å². The minimum atomic E-state index is -4.13. The summed E-state index contributed by atoms with van der Waals surface area (Å²) in [6, 6.07) is 17.2. The van der Waals surface area contributed by atoms with E-state index in [2.05, 4.69) is 5.32 Å². The number of amides is 1. The first-order valence-electron chi connectivity index (χ1n) is 10.3. The molecule has 0 atom stereocenters. The molecule has 0 aliphatic carbocycles. The maximum atomic E-state index is 13.6. The highest BCUT2D eigenvalue weighted by Gasteiger charge is 2.29. The number of halogens is 1. The van der Waals surface area contributed by atoms with Crippen molar-refractivity contribution in [1.29, 1.82) is 0 Å². The Kier molecular flexibility index (Phi) is 8.25. The zero-order chi connectivity index (χ0) is 24.7. The van der Waals surface area contributed by atoms with E-state index in [-0.39, 0.29) is 10.6 Å². The summed E-state index contributed by atoms with van der Waals surface area (Å²) in [6.07, 6.45) is 0. The zero-order valence-electron chi connectivity index (χ0n) is 18.9. The first kappa shape index (κ1) is 25.2. The van der Waals surface area contributed by atoms with E-state index >= 15 is 0 Å². The van der Waals surface area contributed by atoms with E-state index in [1.54, 1.807) is 49.4 Å². The highest BCUT2D eigenvalue weighted by atomic mass is 35.5. The number of nitrogens with one attached hydrogen (secondary N) is 1. The van der Waals surface area contributed by atoms with Gasteiger partial charge in [0.1, 0.15) is 12.3 Å². The summed E-state index contributed by atoms with van der Waals surface area (Å²) in [5, 5.41) is 3.10. The standard InChI is InChI=1S/C24H25ClN2O6S/c1-4-33-21-8-6-5-7-20(21)27(34(29,30)19-12-9-17(25)10-13-19)16-24(28)26-18-11-14-22(31-2)23(15-18)32-3/h5-15H,4,16H2,1-3H3,(H,26,28). The van der Waals surface area contributed by atoms with E-state index in [9.17, 15) is 13.2 Å². The maximum absolute atomic E-state index is 13.6. The second kappa shape index (κ2) is 11.1. The minimum Gasteiger partial charge on any atom is -0.493 e. The van der Waals surface area contributed by atoms with E-state index in [1.807, 2.05) is 0 Å². The van der Waals surface area contributed by atoms with Gasteiger partial charge in [-0.15, -0.1) is 0 Å². The van der Waals surface area contributed by atoms with Crippen LogP contribution in [0.1, 0.15) is 6.92 Å². The van der Waals surface area contributed by atoms with Crippen molar-refractivity contribution in [2.75, 3.05) is 37.0 Å². The molecule has 180 valence electrons. The highest BCUT2D eigenvalue weighted by molar-refractivity contribution is 7.92. The Morgan fingerprint density at radius 1 is 0.941 bits per heavy atom. The van der Waals surface area contributed by atoms with Crippen LogP contribution >= 0.6 is 11.6 Å². The van der Waals surface area contributed by atoms with Crippen molar-refractivity contribution in [2.45, 2.75) is 11.8 Å². The monoisotopic (exact) mass is 504 g/mol. The summed E-state index contributed by atoms with van der Waals surface area (Å²) in [6.45, 7) is 1.62. The van der Waals surface area contributed by atoms with E-state index in [4.69, 9.17) is 25.8 Å². The lowest BCUT2D eigenvalue weighted by molar-refractivity contribution is -0.114. The van der Waals surface area contributed by atoms with Gasteiger partial charge in [-0.25, -0.2) is 8.42 Å². The summed E-state index contributed by atoms with van der Waals surface area (Å²) in [5.74, 6) is 0.697. The Morgan fingerprint density at radius 2 is 1.62 bits per heavy atom. The topological polar surface area (TPSA) is 94.2 Å². The number of methoxy groups -OCH3 is 2. The molecule has 0 spiro atoms. The largest absolute Gasteiger partial charge is 0.493 e. The molecule has 0 saturated carbocycles. The Balaban J connectivity index is 1.98. The van der Waals surface area contributed by atoms with E-state index in [1.165, 1.54) is 38.5 Å². The highest BCUT2D eigenvalue weighted by Crippen LogP contribution is 2.33. The van der Waals surface area contributed by atoms with Crippen molar-refractivity contribution in [1.82, 2.24) is 0 Å². The summed E-state index contributed by atoms with van der Waals surface area (Å²) >= 11 is 5.93. The fourth-order valence-corrected chi connectivity index (χ4v) is 4.78. The summed E-state index contributed by atoms with van der Waals surface area (Å²) in [7, 11) is -1.15. The molecule has 3 rings (SSSR count). The molecule has 0 unspecified atom stereocenters. The number of sulfonamides is 1. The Hall–Kier alpha value is -3.43. The summed E-state index contributed by atoms with van der Waals surface area (Å²) in [5.41, 5.74) is 0.659. The second-order valence-corrected chi connectivity index (χ2v) is 9.28. The normalized spacial score (nSPS) is 10.9. The molecule has 0 heterocycles. The van der Waals surface area contributed by atoms with Crippen molar-refractivity contribution in [2.24, 2.45) is 0 Å². The van der Waals surface area contributed by atoms with Crippen LogP contribution in [0.2, 0.25) is 5.02 Å². The van der Waals surface area contributed by atoms with Crippen LogP contribution in [-0.2, 0) is 14.8 Å². The second-order valence-electron chi connectivity index (χ2n) is 6.98. The third-order valence-electron chi connectivity index (χ3n) is 4.79. The van der Waals surface area contributed by atoms with Crippen LogP contribution in [0.15, 0.2) is 71.6 Å². The third kappa shape index (κ3) is 5.73. The predicted molar refractivity (Wildman–Crippen MR) is 132 cm³/mol. The SMILES string of the molecule is CCOc1ccccc1N(CC(=O)Nc1ccc(OC)c(OC)c1)S(=O)(=O)c1ccc(Cl)cc1. The average molecular weight is 505 g/mol. The number of para-hydroxylation sites is 2. The average Bonchev–Trinajstić information content (AvgIpc) is 2.83. The van der Waals surface area contributed by atoms with Crippen LogP contribution < -0.4 is 23.8 Å². The lowest BCUT2D eigenvalue weighted by Gasteiger charge is -2.26. The Morgan fingerprint density at radius 3 is 2.26 bits per heavy atom. The van der Waals surface area contributed by atoms with Gasteiger partial charge >= 0.3 is 0 Å². The van der Waals surface area contributed by atoms with Crippen LogP contribution in [0.25, 0.3) is 0 Å². The fourth-order valence-electron chi connectivity index (χ4n) is 3.22. The van der Waals surface area contributed by atoms with E-state index in [0.717, 1.165) is 4.31 Å². The van der Waals surface area contributed by atoms with Crippen LogP contribution in [0, 0.1) is 0 Å². The van der Waals surface area contributed by atoms with Crippen LogP contribution in [-0.4, -0.2) is 41.7 Å². The lowest BCUT2D eigenvalue weighted by atomic mass is 10.2. The van der Waals surface area contributed by atoms with Gasteiger partial charge in [-0.3, -0.25) is 9.10 Å². The van der Waals surface area contributed by atoms with Crippen molar-refractivity contribution < 1.29 is 27.4 Å². The molecule has 0 fully saturated rings. The number of carbonyl (C=O) groups is 1. The quantitative estimate of drug-likeness (QED) is 0.434. The van der Waals surface area contributed by atoms with Gasteiger partial charge in [-0.05, 0) is 55.5 Å². The molecule has 8 nitrogen and oxygen atoms in total. The van der Waals surface area contributed by atoms with Gasteiger partial charge in [-0.2, -0.15) is 0 Å². The molecular formula is C24H25ClN2O6S. The first-order chi connectivity index (χ1) is 16.3. The molecule has 0 saturated heterocycles. The van der Waals surface area contributed by atoms with Gasteiger partial charge in [0.2, 0.25) is 5.91 Å². The molecule has 1 amide bonds. The van der Waals surface area contributed by atoms with E-state index < -0.39 is 22.5 Å². The Labute approximate surface area is 204 Å². The molecule has 0 bridgehead atoms. The van der Waals surface area contributed by atoms with Gasteiger partial charge in [0.15, 0.2) is 11.5 Å². The molecule has 3 aromatic rings. The lowest BCUT2D eigenvalue weighted by Crippen LogP contribution is -2.38. The van der Waals surface area contributed by atoms with Crippen molar-refractivity contribution in [3.8, 4) is 17.2 Å². The number of rotatable bonds is 10. The van der Waals surface area contributed by atoms with Gasteiger partial charge < -0.3 is 19.5 Å². The number of nitrogens with zero attached hydrogens (tertiary/aromatic N) is 1. The number of benzene rings is 3. The van der Waals surface area contributed by atoms with E-state index in [0.29, 0.717) is 34.6 Å². The van der Waals surface area contributed by atoms with Crippen LogP contribution in [0.5, 0.6) is 17.2 Å². The Bertz CT molecular complexity index is 1250. The van der Waals surface area contributed by atoms with Crippen molar-refractivity contribution >= 4 is 38.9 Å². The third-order valence-corrected chi connectivity index (χ3v) is 6.82. The van der Waals surface area contributed by atoms with Gasteiger partial charge in [-0.1, -0.05) is 23.7 Å². The number of carbonyl (C=O) groups excluding carboxylic acids is 1. The number of hydrogen-bond donors (Lipinski definition) is 1. The molecular weight excluding hydrogens is 480 g/mol. The zero-order valence-corrected chi connectivity index (χ0v) is 20.5. The van der Waals surface area contributed by atoms with Crippen LogP contribution in [0.4, 0.5) is 11.4 Å². The fraction of sp³-hybridized carbons (Fsp3) is 0.208. The summed E-state index contributed by atoms with van der Waals surface area (Å²) < 4.78 is 44.3. The number of ether oxygens (including phenoxy) is 3. The van der Waals surface area contributed by atoms with Gasteiger partial charge in [0, 0.05) is 16.8 Å². The number of hydrogen-bond acceptors (Lipinski definition) is 6. The van der Waals surface area contributed by atoms with Crippen LogP contribution in [0.3, 0.4) is 0 Å². The first-order valence-corrected chi connectivity index (χ1v) is 12.1. The molecule has 0 aliphatic rings. The molecule has 10 heteroatoms. The molecule has 3 aromatic carbocycles. The van der Waals surface area contributed by atoms with Crippen molar-refractivity contribution in [3.05, 3.63) is 71.8 Å². The maximum Gasteiger partial charge on any atom is 0.264 e. The van der Waals surface area contributed by atoms with Gasteiger partial charge in [0.25, 0.3) is 10.0 Å². The minimum absolute atomic E-state index is 0.0119.